The second-order valence-corrected chi connectivity index (χ2v) is 5.03. The van der Waals surface area contributed by atoms with E-state index in [0.717, 1.165) is 4.31 Å². The number of hydrogen-bond donors (Lipinski definition) is 1. The maximum atomic E-state index is 12.1. The number of nitrogen functional groups attached to an aromatic ring is 1. The zero-order valence-corrected chi connectivity index (χ0v) is 9.68. The first-order valence-corrected chi connectivity index (χ1v) is 6.06. The Morgan fingerprint density at radius 1 is 1.18 bits per heavy atom. The quantitative estimate of drug-likeness (QED) is 0.610. The van der Waals surface area contributed by atoms with Crippen LogP contribution in [0.1, 0.15) is 0 Å². The lowest BCUT2D eigenvalue weighted by atomic mass is 10.3. The fourth-order valence-corrected chi connectivity index (χ4v) is 2.59. The van der Waals surface area contributed by atoms with Gasteiger partial charge in [-0.05, 0) is 12.1 Å². The molecule has 0 aliphatic heterocycles. The van der Waals surface area contributed by atoms with Gasteiger partial charge in [-0.2, -0.15) is 14.8 Å². The third-order valence-corrected chi connectivity index (χ3v) is 3.90. The smallest absolute Gasteiger partial charge is 0.247 e. The molecule has 0 fully saturated rings. The van der Waals surface area contributed by atoms with E-state index in [1.165, 1.54) is 18.2 Å². The molecule has 0 radical (unpaired) electrons. The molecule has 0 atom stereocenters. The van der Waals surface area contributed by atoms with E-state index < -0.39 is 10.0 Å². The Bertz CT molecular complexity index is 567. The van der Waals surface area contributed by atoms with E-state index in [0.29, 0.717) is 0 Å². The van der Waals surface area contributed by atoms with Gasteiger partial charge in [-0.15, -0.1) is 0 Å². The summed E-state index contributed by atoms with van der Waals surface area (Å²) in [5.41, 5.74) is 5.66. The van der Waals surface area contributed by atoms with E-state index in [4.69, 9.17) is 16.3 Å². The molecule has 1 aromatic rings. The van der Waals surface area contributed by atoms with Crippen LogP contribution in [0, 0.1) is 22.7 Å². The van der Waals surface area contributed by atoms with Gasteiger partial charge < -0.3 is 5.73 Å². The highest BCUT2D eigenvalue weighted by molar-refractivity contribution is 7.89. The van der Waals surface area contributed by atoms with E-state index in [9.17, 15) is 8.42 Å². The number of benzene rings is 1. The highest BCUT2D eigenvalue weighted by atomic mass is 32.2. The normalized spacial score (nSPS) is 10.8. The highest BCUT2D eigenvalue weighted by Crippen LogP contribution is 2.21. The van der Waals surface area contributed by atoms with Crippen molar-refractivity contribution in [3.63, 3.8) is 0 Å². The van der Waals surface area contributed by atoms with Gasteiger partial charge in [0.15, 0.2) is 0 Å². The number of nitrogens with two attached hydrogens (primary N) is 1. The summed E-state index contributed by atoms with van der Waals surface area (Å²) in [5, 5.41) is 17.1. The Morgan fingerprint density at radius 2 is 1.71 bits per heavy atom. The molecule has 0 aromatic heterocycles. The molecule has 1 aromatic carbocycles. The molecule has 1 rings (SSSR count). The lowest BCUT2D eigenvalue weighted by Gasteiger charge is -2.16. The molecule has 0 aliphatic rings. The summed E-state index contributed by atoms with van der Waals surface area (Å²) in [5.74, 6) is 0. The van der Waals surface area contributed by atoms with Gasteiger partial charge in [-0.25, -0.2) is 8.42 Å². The van der Waals surface area contributed by atoms with Gasteiger partial charge in [0.05, 0.1) is 17.8 Å². The molecule has 0 saturated heterocycles. The minimum absolute atomic E-state index is 0.0911. The Balaban J connectivity index is 3.23. The molecule has 0 bridgehead atoms. The molecule has 0 heterocycles. The predicted octanol–water partition coefficient (Wildman–Crippen LogP) is 0.307. The fraction of sp³-hybridized carbons (Fsp3) is 0.200. The summed E-state index contributed by atoms with van der Waals surface area (Å²) in [7, 11) is -3.89. The van der Waals surface area contributed by atoms with Crippen LogP contribution in [0.3, 0.4) is 0 Å². The van der Waals surface area contributed by atoms with E-state index in [2.05, 4.69) is 0 Å². The first kappa shape index (κ1) is 13.0. The number of nitrogens with zero attached hydrogens (tertiary/aromatic N) is 3. The molecule has 88 valence electrons. The van der Waals surface area contributed by atoms with E-state index in [1.54, 1.807) is 18.2 Å². The maximum absolute atomic E-state index is 12.1. The Kier molecular flexibility index (Phi) is 4.05. The van der Waals surface area contributed by atoms with Crippen molar-refractivity contribution in [1.82, 2.24) is 4.31 Å². The monoisotopic (exact) mass is 250 g/mol. The summed E-state index contributed by atoms with van der Waals surface area (Å²) in [6.45, 7) is -0.769. The van der Waals surface area contributed by atoms with Gasteiger partial charge in [-0.1, -0.05) is 12.1 Å². The molecular formula is C10H10N4O2S. The highest BCUT2D eigenvalue weighted by Gasteiger charge is 2.25. The zero-order valence-electron chi connectivity index (χ0n) is 8.87. The molecule has 6 nitrogen and oxygen atoms in total. The van der Waals surface area contributed by atoms with Gasteiger partial charge in [-0.3, -0.25) is 0 Å². The van der Waals surface area contributed by atoms with Crippen LogP contribution in [0.25, 0.3) is 0 Å². The van der Waals surface area contributed by atoms with E-state index in [-0.39, 0.29) is 23.7 Å². The Labute approximate surface area is 99.5 Å². The fourth-order valence-electron chi connectivity index (χ4n) is 1.24. The number of rotatable bonds is 4. The van der Waals surface area contributed by atoms with Crippen LogP contribution in [0.15, 0.2) is 29.2 Å². The van der Waals surface area contributed by atoms with Crippen LogP contribution < -0.4 is 5.73 Å². The van der Waals surface area contributed by atoms with Gasteiger partial charge in [0.1, 0.15) is 18.0 Å². The third kappa shape index (κ3) is 2.72. The summed E-state index contributed by atoms with van der Waals surface area (Å²) in [6, 6.07) is 9.33. The van der Waals surface area contributed by atoms with Crippen molar-refractivity contribution in [2.45, 2.75) is 4.90 Å². The molecule has 0 unspecified atom stereocenters. The van der Waals surface area contributed by atoms with Crippen molar-refractivity contribution in [3.8, 4) is 12.1 Å². The zero-order chi connectivity index (χ0) is 12.9. The van der Waals surface area contributed by atoms with Crippen LogP contribution in [0.4, 0.5) is 5.69 Å². The largest absolute Gasteiger partial charge is 0.398 e. The summed E-state index contributed by atoms with van der Waals surface area (Å²) in [6.07, 6.45) is 0. The van der Waals surface area contributed by atoms with Crippen LogP contribution >= 0.6 is 0 Å². The maximum Gasteiger partial charge on any atom is 0.247 e. The Hall–Kier alpha value is -2.09. The molecule has 0 spiro atoms. The molecule has 0 saturated carbocycles. The van der Waals surface area contributed by atoms with Crippen molar-refractivity contribution in [2.24, 2.45) is 0 Å². The summed E-state index contributed by atoms with van der Waals surface area (Å²) in [4.78, 5) is -0.0921. The van der Waals surface area contributed by atoms with Crippen molar-refractivity contribution in [3.05, 3.63) is 24.3 Å². The van der Waals surface area contributed by atoms with Crippen LogP contribution in [-0.2, 0) is 10.0 Å². The average molecular weight is 250 g/mol. The van der Waals surface area contributed by atoms with E-state index >= 15 is 0 Å². The second-order valence-electron chi connectivity index (χ2n) is 3.13. The molecule has 17 heavy (non-hydrogen) atoms. The third-order valence-electron chi connectivity index (χ3n) is 2.03. The molecule has 0 amide bonds. The number of hydrogen-bond acceptors (Lipinski definition) is 5. The number of para-hydroxylation sites is 1. The first-order chi connectivity index (χ1) is 8.04. The minimum Gasteiger partial charge on any atom is -0.398 e. The SMILES string of the molecule is N#CCN(CC#N)S(=O)(=O)c1ccccc1N. The summed E-state index contributed by atoms with van der Waals surface area (Å²) >= 11 is 0. The molecule has 7 heteroatoms. The lowest BCUT2D eigenvalue weighted by Crippen LogP contribution is -2.32. The average Bonchev–Trinajstić information content (AvgIpc) is 2.29. The van der Waals surface area contributed by atoms with Crippen LogP contribution in [0.2, 0.25) is 0 Å². The van der Waals surface area contributed by atoms with Crippen molar-refractivity contribution in [2.75, 3.05) is 18.8 Å². The number of nitriles is 2. The van der Waals surface area contributed by atoms with Gasteiger partial charge >= 0.3 is 0 Å². The van der Waals surface area contributed by atoms with Crippen molar-refractivity contribution in [1.29, 1.82) is 10.5 Å². The van der Waals surface area contributed by atoms with Crippen LogP contribution in [0.5, 0.6) is 0 Å². The minimum atomic E-state index is -3.89. The second kappa shape index (κ2) is 5.30. The van der Waals surface area contributed by atoms with Crippen molar-refractivity contribution >= 4 is 15.7 Å². The Morgan fingerprint density at radius 3 is 2.18 bits per heavy atom. The van der Waals surface area contributed by atoms with Crippen molar-refractivity contribution < 1.29 is 8.42 Å². The standard InChI is InChI=1S/C10H10N4O2S/c11-5-7-14(8-6-12)17(15,16)10-4-2-1-3-9(10)13/h1-4H,7-8,13H2. The predicted molar refractivity (Wildman–Crippen MR) is 60.8 cm³/mol. The first-order valence-electron chi connectivity index (χ1n) is 4.62. The number of anilines is 1. The lowest BCUT2D eigenvalue weighted by molar-refractivity contribution is 0.480. The van der Waals surface area contributed by atoms with Gasteiger partial charge in [0.25, 0.3) is 0 Å². The van der Waals surface area contributed by atoms with Crippen LogP contribution in [-0.4, -0.2) is 25.8 Å². The number of sulfonamides is 1. The van der Waals surface area contributed by atoms with E-state index in [1.807, 2.05) is 0 Å². The van der Waals surface area contributed by atoms with Gasteiger partial charge in [0, 0.05) is 0 Å². The molecular weight excluding hydrogens is 240 g/mol. The molecule has 0 aliphatic carbocycles. The topological polar surface area (TPSA) is 111 Å². The summed E-state index contributed by atoms with van der Waals surface area (Å²) < 4.78 is 24.9. The molecule has 2 N–H and O–H groups in total. The van der Waals surface area contributed by atoms with Gasteiger partial charge in [0.2, 0.25) is 10.0 Å².